The van der Waals surface area contributed by atoms with Crippen LogP contribution in [0.3, 0.4) is 0 Å². The van der Waals surface area contributed by atoms with Gasteiger partial charge < -0.3 is 4.74 Å². The second-order valence-electron chi connectivity index (χ2n) is 7.22. The van der Waals surface area contributed by atoms with Gasteiger partial charge in [-0.25, -0.2) is 4.79 Å². The molecule has 38 heavy (non-hydrogen) atoms. The predicted molar refractivity (Wildman–Crippen MR) is 86.7 cm³/mol. The average Bonchev–Trinajstić information content (AvgIpc) is 2.77. The molecular weight excluding hydrogens is 585 g/mol. The highest BCUT2D eigenvalue weighted by molar-refractivity contribution is 5.89. The van der Waals surface area contributed by atoms with Gasteiger partial charge in [0.15, 0.2) is 0 Å². The van der Waals surface area contributed by atoms with E-state index in [2.05, 4.69) is 4.74 Å². The van der Waals surface area contributed by atoms with Crippen LogP contribution in [-0.2, 0) is 4.74 Å². The fraction of sp³-hybridized carbons (Fsp3) is 0.556. The molecule has 0 radical (unpaired) electrons. The van der Waals surface area contributed by atoms with Crippen LogP contribution < -0.4 is 0 Å². The minimum absolute atomic E-state index is 0.0636. The molecule has 1 aromatic carbocycles. The van der Waals surface area contributed by atoms with Crippen LogP contribution in [0, 0.1) is 11.3 Å². The Morgan fingerprint density at radius 1 is 0.632 bits per heavy atom. The number of carbonyl (C=O) groups is 1. The summed E-state index contributed by atoms with van der Waals surface area (Å²) in [6.07, 6.45) is -10.7. The van der Waals surface area contributed by atoms with Crippen LogP contribution in [-0.4, -0.2) is 60.2 Å². The average molecular weight is 593 g/mol. The first-order chi connectivity index (χ1) is 16.7. The maximum Gasteiger partial charge on any atom is 0.460 e. The standard InChI is InChI=1S/C18H8F17NO2/c19-11(20,5-6-38-10(37)9-3-1-8(7-36)2-4-9)12(21,22)13(23,24)14(25,26)15(27,28)16(29,30)17(31,32)18(33,34)35/h1-4H,5-6H2. The van der Waals surface area contributed by atoms with Gasteiger partial charge in [-0.15, -0.1) is 0 Å². The van der Waals surface area contributed by atoms with Crippen molar-refractivity contribution < 1.29 is 84.2 Å². The van der Waals surface area contributed by atoms with Crippen molar-refractivity contribution >= 4 is 5.97 Å². The predicted octanol–water partition coefficient (Wildman–Crippen LogP) is 7.11. The van der Waals surface area contributed by atoms with Gasteiger partial charge in [0.25, 0.3) is 0 Å². The highest BCUT2D eigenvalue weighted by atomic mass is 19.4. The highest BCUT2D eigenvalue weighted by Gasteiger charge is 2.95. The first-order valence-electron chi connectivity index (χ1n) is 9.06. The number of hydrogen-bond acceptors (Lipinski definition) is 3. The lowest BCUT2D eigenvalue weighted by Gasteiger charge is -2.42. The van der Waals surface area contributed by atoms with Crippen molar-refractivity contribution in [3.05, 3.63) is 35.4 Å². The van der Waals surface area contributed by atoms with Crippen molar-refractivity contribution in [2.75, 3.05) is 6.61 Å². The van der Waals surface area contributed by atoms with E-state index in [1.807, 2.05) is 0 Å². The molecule has 216 valence electrons. The summed E-state index contributed by atoms with van der Waals surface area (Å²) >= 11 is 0. The minimum atomic E-state index is -8.70. The summed E-state index contributed by atoms with van der Waals surface area (Å²) in [7, 11) is 0. The van der Waals surface area contributed by atoms with Gasteiger partial charge >= 0.3 is 53.6 Å². The quantitative estimate of drug-likeness (QED) is 0.215. The van der Waals surface area contributed by atoms with E-state index in [0.29, 0.717) is 0 Å². The molecule has 0 atom stereocenters. The third-order valence-corrected chi connectivity index (χ3v) is 4.69. The molecule has 0 saturated carbocycles. The van der Waals surface area contributed by atoms with E-state index in [0.717, 1.165) is 24.3 Å². The van der Waals surface area contributed by atoms with Crippen LogP contribution in [0.2, 0.25) is 0 Å². The molecule has 0 aromatic heterocycles. The molecule has 0 fully saturated rings. The van der Waals surface area contributed by atoms with Crippen LogP contribution in [0.5, 0.6) is 0 Å². The van der Waals surface area contributed by atoms with E-state index in [-0.39, 0.29) is 5.56 Å². The first-order valence-corrected chi connectivity index (χ1v) is 9.06. The summed E-state index contributed by atoms with van der Waals surface area (Å²) in [4.78, 5) is 11.6. The van der Waals surface area contributed by atoms with Crippen LogP contribution in [0.15, 0.2) is 24.3 Å². The van der Waals surface area contributed by atoms with E-state index in [1.165, 1.54) is 0 Å². The van der Waals surface area contributed by atoms with Crippen molar-refractivity contribution in [1.29, 1.82) is 5.26 Å². The van der Waals surface area contributed by atoms with Gasteiger partial charge in [-0.05, 0) is 24.3 Å². The molecule has 0 spiro atoms. The number of nitriles is 1. The fourth-order valence-corrected chi connectivity index (χ4v) is 2.39. The SMILES string of the molecule is N#Cc1ccc(C(=O)OCCC(F)(F)C(F)(F)C(F)(F)C(F)(F)C(F)(F)C(F)(F)C(F)(F)C(F)(F)F)cc1. The summed E-state index contributed by atoms with van der Waals surface area (Å²) in [6, 6.07) is 5.07. The summed E-state index contributed by atoms with van der Waals surface area (Å²) in [5.41, 5.74) is -0.630. The normalized spacial score (nSPS) is 14.7. The van der Waals surface area contributed by atoms with Gasteiger partial charge in [0.2, 0.25) is 0 Å². The molecule has 0 amide bonds. The molecular formula is C18H8F17NO2. The lowest BCUT2D eigenvalue weighted by atomic mass is 9.88. The molecule has 20 heteroatoms. The zero-order valence-corrected chi connectivity index (χ0v) is 17.4. The van der Waals surface area contributed by atoms with Crippen LogP contribution in [0.1, 0.15) is 22.3 Å². The van der Waals surface area contributed by atoms with Gasteiger partial charge in [-0.1, -0.05) is 0 Å². The van der Waals surface area contributed by atoms with Gasteiger partial charge in [-0.2, -0.15) is 79.9 Å². The van der Waals surface area contributed by atoms with Crippen LogP contribution >= 0.6 is 0 Å². The zero-order valence-electron chi connectivity index (χ0n) is 17.4. The second-order valence-corrected chi connectivity index (χ2v) is 7.22. The zero-order chi connectivity index (χ0) is 30.4. The second kappa shape index (κ2) is 9.63. The maximum atomic E-state index is 13.7. The van der Waals surface area contributed by atoms with Crippen molar-refractivity contribution in [3.8, 4) is 6.07 Å². The van der Waals surface area contributed by atoms with Crippen molar-refractivity contribution in [2.24, 2.45) is 0 Å². The monoisotopic (exact) mass is 593 g/mol. The molecule has 0 saturated heterocycles. The first kappa shape index (κ1) is 33.0. The molecule has 0 aliphatic rings. The maximum absolute atomic E-state index is 13.7. The Balaban J connectivity index is 3.27. The van der Waals surface area contributed by atoms with Crippen molar-refractivity contribution in [3.63, 3.8) is 0 Å². The van der Waals surface area contributed by atoms with Crippen molar-refractivity contribution in [2.45, 2.75) is 54.1 Å². The van der Waals surface area contributed by atoms with E-state index in [9.17, 15) is 79.4 Å². The van der Waals surface area contributed by atoms with E-state index in [4.69, 9.17) is 5.26 Å². The summed E-state index contributed by atoms with van der Waals surface area (Å²) < 4.78 is 228. The summed E-state index contributed by atoms with van der Waals surface area (Å²) in [5, 5.41) is 8.56. The lowest BCUT2D eigenvalue weighted by molar-refractivity contribution is -0.461. The molecule has 1 rings (SSSR count). The molecule has 0 N–H and O–H groups in total. The summed E-state index contributed by atoms with van der Waals surface area (Å²) in [6.45, 7) is -2.05. The van der Waals surface area contributed by atoms with Gasteiger partial charge in [0.1, 0.15) is 0 Å². The van der Waals surface area contributed by atoms with E-state index < -0.39 is 72.2 Å². The molecule has 0 unspecified atom stereocenters. The van der Waals surface area contributed by atoms with E-state index >= 15 is 0 Å². The molecule has 1 aromatic rings. The number of halogens is 17. The number of ether oxygens (including phenoxy) is 1. The topological polar surface area (TPSA) is 50.1 Å². The third kappa shape index (κ3) is 4.90. The molecule has 0 aliphatic carbocycles. The van der Waals surface area contributed by atoms with Gasteiger partial charge in [0, 0.05) is 0 Å². The Morgan fingerprint density at radius 3 is 1.37 bits per heavy atom. The van der Waals surface area contributed by atoms with Gasteiger partial charge in [-0.3, -0.25) is 0 Å². The molecule has 0 heterocycles. The number of benzene rings is 1. The van der Waals surface area contributed by atoms with Crippen LogP contribution in [0.4, 0.5) is 74.6 Å². The fourth-order valence-electron chi connectivity index (χ4n) is 2.39. The Labute approximate surface area is 198 Å². The number of alkyl halides is 17. The van der Waals surface area contributed by atoms with Crippen LogP contribution in [0.25, 0.3) is 0 Å². The Bertz CT molecular complexity index is 1050. The van der Waals surface area contributed by atoms with Gasteiger partial charge in [0.05, 0.1) is 30.2 Å². The number of esters is 1. The largest absolute Gasteiger partial charge is 0.462 e. The Hall–Kier alpha value is -3.01. The minimum Gasteiger partial charge on any atom is -0.462 e. The molecule has 0 aliphatic heterocycles. The number of nitrogens with zero attached hydrogens (tertiary/aromatic N) is 1. The molecule has 3 nitrogen and oxygen atoms in total. The number of rotatable bonds is 10. The Morgan fingerprint density at radius 2 is 1.00 bits per heavy atom. The molecule has 0 bridgehead atoms. The lowest BCUT2D eigenvalue weighted by Crippen LogP contribution is -2.74. The number of hydrogen-bond donors (Lipinski definition) is 0. The van der Waals surface area contributed by atoms with E-state index in [1.54, 1.807) is 6.07 Å². The highest BCUT2D eigenvalue weighted by Crippen LogP contribution is 2.64. The Kier molecular flexibility index (Phi) is 8.36. The third-order valence-electron chi connectivity index (χ3n) is 4.69. The number of carbonyl (C=O) groups excluding carboxylic acids is 1. The summed E-state index contributed by atoms with van der Waals surface area (Å²) in [5.74, 6) is -58.7. The smallest absolute Gasteiger partial charge is 0.460 e. The van der Waals surface area contributed by atoms with Crippen molar-refractivity contribution in [1.82, 2.24) is 0 Å².